The van der Waals surface area contributed by atoms with E-state index in [1.165, 1.54) is 17.5 Å². The van der Waals surface area contributed by atoms with E-state index in [0.29, 0.717) is 25.4 Å². The summed E-state index contributed by atoms with van der Waals surface area (Å²) in [6.45, 7) is 9.35. The average Bonchev–Trinajstić information content (AvgIpc) is 2.84. The van der Waals surface area contributed by atoms with Crippen molar-refractivity contribution in [3.8, 4) is 0 Å². The summed E-state index contributed by atoms with van der Waals surface area (Å²) in [4.78, 5) is 27.4. The highest BCUT2D eigenvalue weighted by atomic mass is 28.4. The molecular weight excluding hydrogens is 454 g/mol. The van der Waals surface area contributed by atoms with Crippen molar-refractivity contribution in [2.75, 3.05) is 13.7 Å². The maximum atomic E-state index is 13.1. The Morgan fingerprint density at radius 3 is 2.06 bits per heavy atom. The van der Waals surface area contributed by atoms with E-state index in [2.05, 4.69) is 76.2 Å². The second-order valence-corrected chi connectivity index (χ2v) is 15.5. The summed E-state index contributed by atoms with van der Waals surface area (Å²) in [5.74, 6) is 0.851. The number of nitrogens with zero attached hydrogens (tertiary/aromatic N) is 1. The predicted octanol–water partition coefficient (Wildman–Crippen LogP) is 4.78. The minimum Gasteiger partial charge on any atom is -0.453 e. The largest absolute Gasteiger partial charge is 0.453 e. The third kappa shape index (κ3) is 4.83. The zero-order valence-electron chi connectivity index (χ0n) is 21.7. The van der Waals surface area contributed by atoms with E-state index in [-0.39, 0.29) is 34.9 Å². The van der Waals surface area contributed by atoms with Crippen molar-refractivity contribution in [1.82, 2.24) is 4.90 Å². The van der Waals surface area contributed by atoms with E-state index < -0.39 is 8.32 Å². The SMILES string of the molecule is COC(=O)N1[C@H](CO[Si](c2ccccc2)(c2ccccc2)C(C)(C)C)CC[C@@H]2[C@@H](C)CC(=O)C[C@@H]21. The zero-order chi connectivity index (χ0) is 25.2. The van der Waals surface area contributed by atoms with E-state index in [9.17, 15) is 9.59 Å². The summed E-state index contributed by atoms with van der Waals surface area (Å²) in [5.41, 5.74) is 0. The van der Waals surface area contributed by atoms with Crippen molar-refractivity contribution in [2.24, 2.45) is 11.8 Å². The third-order valence-corrected chi connectivity index (χ3v) is 13.1. The standard InChI is InChI=1S/C29H39NO4Si/c1-21-18-23(31)19-27-26(21)17-16-22(30(27)28(32)33-5)20-34-35(29(2,3)4,24-12-8-6-9-13-24)25-14-10-7-11-15-25/h6-15,21-22,26-27H,16-20H2,1-5H3/t21-,22-,26+,27-/m0/s1. The van der Waals surface area contributed by atoms with Gasteiger partial charge in [-0.25, -0.2) is 4.79 Å². The molecule has 1 saturated heterocycles. The van der Waals surface area contributed by atoms with Crippen LogP contribution >= 0.6 is 0 Å². The number of hydrogen-bond acceptors (Lipinski definition) is 4. The second-order valence-electron chi connectivity index (χ2n) is 11.2. The van der Waals surface area contributed by atoms with Gasteiger partial charge >= 0.3 is 6.09 Å². The fourth-order valence-electron chi connectivity index (χ4n) is 6.47. The molecule has 0 radical (unpaired) electrons. The Labute approximate surface area is 210 Å². The van der Waals surface area contributed by atoms with Crippen LogP contribution in [0.5, 0.6) is 0 Å². The maximum absolute atomic E-state index is 13.1. The van der Waals surface area contributed by atoms with Gasteiger partial charge in [-0.2, -0.15) is 0 Å². The summed E-state index contributed by atoms with van der Waals surface area (Å²) in [5, 5.41) is 2.30. The molecule has 5 nitrogen and oxygen atoms in total. The molecule has 0 spiro atoms. The molecule has 2 fully saturated rings. The van der Waals surface area contributed by atoms with Gasteiger partial charge in [0.25, 0.3) is 8.32 Å². The van der Waals surface area contributed by atoms with Crippen LogP contribution in [0.3, 0.4) is 0 Å². The van der Waals surface area contributed by atoms with Gasteiger partial charge in [-0.3, -0.25) is 9.69 Å². The van der Waals surface area contributed by atoms with Gasteiger partial charge in [-0.05, 0) is 40.1 Å². The fourth-order valence-corrected chi connectivity index (χ4v) is 11.1. The van der Waals surface area contributed by atoms with Crippen LogP contribution in [-0.4, -0.2) is 50.9 Å². The van der Waals surface area contributed by atoms with Gasteiger partial charge in [-0.1, -0.05) is 88.4 Å². The number of methoxy groups -OCH3 is 1. The van der Waals surface area contributed by atoms with E-state index in [1.807, 2.05) is 17.0 Å². The summed E-state index contributed by atoms with van der Waals surface area (Å²) in [6.07, 6.45) is 2.53. The van der Waals surface area contributed by atoms with Crippen molar-refractivity contribution in [3.63, 3.8) is 0 Å². The van der Waals surface area contributed by atoms with Gasteiger partial charge in [0, 0.05) is 18.9 Å². The number of piperidine rings is 1. The molecular formula is C29H39NO4Si. The lowest BCUT2D eigenvalue weighted by Gasteiger charge is -2.50. The minimum absolute atomic E-state index is 0.111. The highest BCUT2D eigenvalue weighted by molar-refractivity contribution is 6.99. The van der Waals surface area contributed by atoms with Gasteiger partial charge in [0.15, 0.2) is 0 Å². The lowest BCUT2D eigenvalue weighted by atomic mass is 9.70. The Morgan fingerprint density at radius 1 is 0.971 bits per heavy atom. The van der Waals surface area contributed by atoms with Crippen LogP contribution in [0.15, 0.2) is 60.7 Å². The number of Topliss-reactive ketones (excluding diaryl/α,β-unsaturated/α-hetero) is 1. The van der Waals surface area contributed by atoms with Gasteiger partial charge in [0.1, 0.15) is 5.78 Å². The molecule has 2 aliphatic rings. The Balaban J connectivity index is 1.71. The smallest absolute Gasteiger partial charge is 0.410 e. The first-order valence-corrected chi connectivity index (χ1v) is 14.7. The van der Waals surface area contributed by atoms with Crippen LogP contribution in [0.25, 0.3) is 0 Å². The monoisotopic (exact) mass is 493 g/mol. The topological polar surface area (TPSA) is 55.8 Å². The number of hydrogen-bond donors (Lipinski definition) is 0. The number of carbonyl (C=O) groups excluding carboxylic acids is 2. The number of fused-ring (bicyclic) bond motifs is 1. The number of amides is 1. The number of rotatable bonds is 5. The zero-order valence-corrected chi connectivity index (χ0v) is 22.7. The molecule has 35 heavy (non-hydrogen) atoms. The molecule has 4 atom stereocenters. The first-order chi connectivity index (χ1) is 16.7. The molecule has 2 aromatic carbocycles. The van der Waals surface area contributed by atoms with Crippen LogP contribution in [0.4, 0.5) is 4.79 Å². The van der Waals surface area contributed by atoms with Crippen LogP contribution in [0.2, 0.25) is 5.04 Å². The highest BCUT2D eigenvalue weighted by Crippen LogP contribution is 2.42. The van der Waals surface area contributed by atoms with E-state index in [4.69, 9.17) is 9.16 Å². The molecule has 0 aromatic heterocycles. The normalized spacial score (nSPS) is 25.2. The number of carbonyl (C=O) groups is 2. The number of benzene rings is 2. The number of ether oxygens (including phenoxy) is 1. The molecule has 1 saturated carbocycles. The predicted molar refractivity (Wildman–Crippen MR) is 142 cm³/mol. The van der Waals surface area contributed by atoms with Gasteiger partial charge in [0.05, 0.1) is 19.8 Å². The Morgan fingerprint density at radius 2 is 1.54 bits per heavy atom. The molecule has 6 heteroatoms. The summed E-state index contributed by atoms with van der Waals surface area (Å²) >= 11 is 0. The molecule has 0 N–H and O–H groups in total. The van der Waals surface area contributed by atoms with Crippen molar-refractivity contribution in [1.29, 1.82) is 0 Å². The van der Waals surface area contributed by atoms with Crippen molar-refractivity contribution in [2.45, 2.75) is 70.5 Å². The third-order valence-electron chi connectivity index (χ3n) is 8.09. The van der Waals surface area contributed by atoms with E-state index in [0.717, 1.165) is 12.8 Å². The van der Waals surface area contributed by atoms with Gasteiger partial charge < -0.3 is 9.16 Å². The maximum Gasteiger partial charge on any atom is 0.410 e. The summed E-state index contributed by atoms with van der Waals surface area (Å²) < 4.78 is 12.4. The number of ketones is 1. The molecule has 4 rings (SSSR count). The molecule has 1 amide bonds. The Kier molecular flexibility index (Phi) is 7.53. The fraction of sp³-hybridized carbons (Fsp3) is 0.517. The van der Waals surface area contributed by atoms with Crippen LogP contribution < -0.4 is 10.4 Å². The van der Waals surface area contributed by atoms with Gasteiger partial charge in [-0.15, -0.1) is 0 Å². The average molecular weight is 494 g/mol. The molecule has 0 bridgehead atoms. The lowest BCUT2D eigenvalue weighted by molar-refractivity contribution is -0.127. The first-order valence-electron chi connectivity index (χ1n) is 12.8. The quantitative estimate of drug-likeness (QED) is 0.563. The van der Waals surface area contributed by atoms with Crippen molar-refractivity contribution < 1.29 is 18.8 Å². The lowest BCUT2D eigenvalue weighted by Crippen LogP contribution is -2.68. The first kappa shape index (κ1) is 25.6. The van der Waals surface area contributed by atoms with Crippen LogP contribution in [0, 0.1) is 11.8 Å². The Bertz CT molecular complexity index is 980. The summed E-state index contributed by atoms with van der Waals surface area (Å²) in [6, 6.07) is 20.9. The van der Waals surface area contributed by atoms with Crippen LogP contribution in [0.1, 0.15) is 53.4 Å². The van der Waals surface area contributed by atoms with Crippen molar-refractivity contribution in [3.05, 3.63) is 60.7 Å². The van der Waals surface area contributed by atoms with Gasteiger partial charge in [0.2, 0.25) is 0 Å². The van der Waals surface area contributed by atoms with Crippen LogP contribution in [-0.2, 0) is 14.0 Å². The molecule has 2 aromatic rings. The molecule has 1 heterocycles. The van der Waals surface area contributed by atoms with E-state index >= 15 is 0 Å². The molecule has 188 valence electrons. The summed E-state index contributed by atoms with van der Waals surface area (Å²) in [7, 11) is -1.29. The molecule has 1 aliphatic carbocycles. The minimum atomic E-state index is -2.72. The highest BCUT2D eigenvalue weighted by Gasteiger charge is 2.52. The molecule has 1 aliphatic heterocycles. The second kappa shape index (κ2) is 10.3. The van der Waals surface area contributed by atoms with Crippen molar-refractivity contribution >= 4 is 30.6 Å². The number of likely N-dealkylation sites (tertiary alicyclic amines) is 1. The Hall–Kier alpha value is -2.44. The molecule has 0 unspecified atom stereocenters. The van der Waals surface area contributed by atoms with E-state index in [1.54, 1.807) is 0 Å².